The van der Waals surface area contributed by atoms with Crippen molar-refractivity contribution in [2.45, 2.75) is 29.9 Å². The first kappa shape index (κ1) is 15.8. The van der Waals surface area contributed by atoms with Crippen LogP contribution in [-0.2, 0) is 14.8 Å². The summed E-state index contributed by atoms with van der Waals surface area (Å²) in [6.45, 7) is 0.690. The Bertz CT molecular complexity index is 567. The molecule has 2 unspecified atom stereocenters. The van der Waals surface area contributed by atoms with Crippen LogP contribution >= 0.6 is 15.9 Å². The van der Waals surface area contributed by atoms with Crippen LogP contribution in [0.25, 0.3) is 0 Å². The molecule has 0 saturated carbocycles. The summed E-state index contributed by atoms with van der Waals surface area (Å²) in [7, 11) is -1.93. The molecule has 20 heavy (non-hydrogen) atoms. The van der Waals surface area contributed by atoms with Crippen molar-refractivity contribution < 1.29 is 13.2 Å². The van der Waals surface area contributed by atoms with Gasteiger partial charge in [-0.1, -0.05) is 0 Å². The minimum atomic E-state index is -3.57. The third-order valence-electron chi connectivity index (χ3n) is 3.51. The molecule has 2 atom stereocenters. The van der Waals surface area contributed by atoms with E-state index in [1.54, 1.807) is 19.4 Å². The number of sulfonamides is 1. The Hall–Kier alpha value is -0.540. The number of halogens is 1. The molecule has 6 nitrogen and oxygen atoms in total. The van der Waals surface area contributed by atoms with E-state index in [0.29, 0.717) is 23.9 Å². The van der Waals surface area contributed by atoms with Crippen molar-refractivity contribution in [3.8, 4) is 0 Å². The number of pyridine rings is 1. The van der Waals surface area contributed by atoms with E-state index in [9.17, 15) is 8.42 Å². The number of methoxy groups -OCH3 is 1. The van der Waals surface area contributed by atoms with Crippen LogP contribution in [0.5, 0.6) is 0 Å². The normalized spacial score (nSPS) is 24.8. The third kappa shape index (κ3) is 3.20. The monoisotopic (exact) mass is 363 g/mol. The van der Waals surface area contributed by atoms with E-state index in [1.165, 1.54) is 10.5 Å². The number of ether oxygens (including phenoxy) is 1. The largest absolute Gasteiger partial charge is 0.381 e. The summed E-state index contributed by atoms with van der Waals surface area (Å²) in [4.78, 5) is 4.10. The molecule has 0 spiro atoms. The molecule has 0 aromatic carbocycles. The van der Waals surface area contributed by atoms with Crippen molar-refractivity contribution in [1.29, 1.82) is 0 Å². The maximum absolute atomic E-state index is 12.7. The van der Waals surface area contributed by atoms with Crippen LogP contribution in [-0.4, -0.2) is 50.1 Å². The van der Waals surface area contributed by atoms with E-state index in [2.05, 4.69) is 20.9 Å². The van der Waals surface area contributed by atoms with Crippen molar-refractivity contribution in [2.75, 3.05) is 20.2 Å². The first-order valence-corrected chi connectivity index (χ1v) is 8.57. The molecule has 1 aromatic rings. The van der Waals surface area contributed by atoms with E-state index >= 15 is 0 Å². The first-order chi connectivity index (χ1) is 9.48. The highest BCUT2D eigenvalue weighted by Gasteiger charge is 2.36. The molecule has 1 aliphatic rings. The summed E-state index contributed by atoms with van der Waals surface area (Å²) in [5.74, 6) is 0. The summed E-state index contributed by atoms with van der Waals surface area (Å²) in [5, 5.41) is 0. The maximum Gasteiger partial charge on any atom is 0.244 e. The van der Waals surface area contributed by atoms with Gasteiger partial charge in [-0.2, -0.15) is 4.31 Å². The number of hydrogen-bond acceptors (Lipinski definition) is 5. The number of piperidine rings is 1. The average molecular weight is 364 g/mol. The van der Waals surface area contributed by atoms with E-state index < -0.39 is 10.0 Å². The minimum Gasteiger partial charge on any atom is -0.381 e. The predicted molar refractivity (Wildman–Crippen MR) is 78.7 cm³/mol. The van der Waals surface area contributed by atoms with E-state index in [0.717, 1.165) is 0 Å². The van der Waals surface area contributed by atoms with Crippen molar-refractivity contribution in [3.05, 3.63) is 22.9 Å². The molecule has 112 valence electrons. The summed E-state index contributed by atoms with van der Waals surface area (Å²) >= 11 is 3.24. The molecule has 1 aliphatic heterocycles. The second-order valence-corrected chi connectivity index (χ2v) is 7.53. The summed E-state index contributed by atoms with van der Waals surface area (Å²) < 4.78 is 32.8. The molecule has 2 rings (SSSR count). The lowest BCUT2D eigenvalue weighted by Gasteiger charge is -2.37. The maximum atomic E-state index is 12.7. The summed E-state index contributed by atoms with van der Waals surface area (Å²) in [5.41, 5.74) is 5.73. The molecule has 0 aliphatic carbocycles. The summed E-state index contributed by atoms with van der Waals surface area (Å²) in [6.07, 6.45) is 4.27. The van der Waals surface area contributed by atoms with Crippen molar-refractivity contribution in [2.24, 2.45) is 5.73 Å². The van der Waals surface area contributed by atoms with Crippen molar-refractivity contribution in [3.63, 3.8) is 0 Å². The molecule has 1 fully saturated rings. The summed E-state index contributed by atoms with van der Waals surface area (Å²) in [6, 6.07) is 1.32. The highest BCUT2D eigenvalue weighted by molar-refractivity contribution is 9.10. The highest BCUT2D eigenvalue weighted by atomic mass is 79.9. The van der Waals surface area contributed by atoms with Gasteiger partial charge in [-0.15, -0.1) is 0 Å². The molecule has 0 radical (unpaired) electrons. The van der Waals surface area contributed by atoms with Gasteiger partial charge in [0.15, 0.2) is 0 Å². The lowest BCUT2D eigenvalue weighted by atomic mass is 10.0. The van der Waals surface area contributed by atoms with Gasteiger partial charge in [0.2, 0.25) is 10.0 Å². The van der Waals surface area contributed by atoms with Gasteiger partial charge in [0.25, 0.3) is 0 Å². The fourth-order valence-corrected chi connectivity index (χ4v) is 4.57. The van der Waals surface area contributed by atoms with Crippen LogP contribution in [0, 0.1) is 0 Å². The Labute approximate surface area is 127 Å². The van der Waals surface area contributed by atoms with Gasteiger partial charge in [-0.3, -0.25) is 4.98 Å². The SMILES string of the molecule is COC1CCN(S(=O)(=O)c2cncc(Br)c2)C(CN)C1. The van der Waals surface area contributed by atoms with E-state index in [4.69, 9.17) is 10.5 Å². The zero-order valence-corrected chi connectivity index (χ0v) is 13.6. The minimum absolute atomic E-state index is 0.0654. The molecule has 0 amide bonds. The second-order valence-electron chi connectivity index (χ2n) is 4.73. The zero-order chi connectivity index (χ0) is 14.8. The van der Waals surface area contributed by atoms with Crippen LogP contribution in [0.3, 0.4) is 0 Å². The van der Waals surface area contributed by atoms with Gasteiger partial charge in [-0.05, 0) is 34.8 Å². The Morgan fingerprint density at radius 2 is 2.30 bits per heavy atom. The van der Waals surface area contributed by atoms with Gasteiger partial charge in [0.1, 0.15) is 4.90 Å². The Morgan fingerprint density at radius 1 is 1.55 bits per heavy atom. The molecular formula is C12H18BrN3O3S. The van der Waals surface area contributed by atoms with Crippen molar-refractivity contribution >= 4 is 26.0 Å². The lowest BCUT2D eigenvalue weighted by molar-refractivity contribution is 0.0401. The van der Waals surface area contributed by atoms with Gasteiger partial charge in [0, 0.05) is 43.1 Å². The Morgan fingerprint density at radius 3 is 2.90 bits per heavy atom. The fourth-order valence-electron chi connectivity index (χ4n) is 2.41. The molecular weight excluding hydrogens is 346 g/mol. The number of hydrogen-bond donors (Lipinski definition) is 1. The zero-order valence-electron chi connectivity index (χ0n) is 11.2. The second kappa shape index (κ2) is 6.48. The number of aromatic nitrogens is 1. The molecule has 1 saturated heterocycles. The topological polar surface area (TPSA) is 85.5 Å². The Balaban J connectivity index is 2.29. The molecule has 2 N–H and O–H groups in total. The van der Waals surface area contributed by atoms with Crippen LogP contribution in [0.1, 0.15) is 12.8 Å². The smallest absolute Gasteiger partial charge is 0.244 e. The molecule has 2 heterocycles. The van der Waals surface area contributed by atoms with Crippen LogP contribution in [0.15, 0.2) is 27.8 Å². The molecule has 8 heteroatoms. The molecule has 1 aromatic heterocycles. The lowest BCUT2D eigenvalue weighted by Crippen LogP contribution is -2.51. The third-order valence-corrected chi connectivity index (χ3v) is 5.86. The van der Waals surface area contributed by atoms with Gasteiger partial charge >= 0.3 is 0 Å². The molecule has 0 bridgehead atoms. The predicted octanol–water partition coefficient (Wildman–Crippen LogP) is 0.971. The van der Waals surface area contributed by atoms with Gasteiger partial charge in [-0.25, -0.2) is 8.42 Å². The number of nitrogens with zero attached hydrogens (tertiary/aromatic N) is 2. The Kier molecular flexibility index (Phi) is 5.14. The van der Waals surface area contributed by atoms with Gasteiger partial charge in [0.05, 0.1) is 6.10 Å². The average Bonchev–Trinajstić information content (AvgIpc) is 2.46. The van der Waals surface area contributed by atoms with E-state index in [1.807, 2.05) is 0 Å². The number of rotatable bonds is 4. The van der Waals surface area contributed by atoms with Gasteiger partial charge < -0.3 is 10.5 Å². The quantitative estimate of drug-likeness (QED) is 0.861. The van der Waals surface area contributed by atoms with Crippen LogP contribution in [0.4, 0.5) is 0 Å². The van der Waals surface area contributed by atoms with Crippen molar-refractivity contribution in [1.82, 2.24) is 9.29 Å². The first-order valence-electron chi connectivity index (χ1n) is 6.34. The fraction of sp³-hybridized carbons (Fsp3) is 0.583. The standard InChI is InChI=1S/C12H18BrN3O3S/c1-19-11-2-3-16(10(5-11)6-14)20(17,18)12-4-9(13)7-15-8-12/h4,7-8,10-11H,2-3,5-6,14H2,1H3. The highest BCUT2D eigenvalue weighted by Crippen LogP contribution is 2.27. The number of nitrogens with two attached hydrogens (primary N) is 1. The van der Waals surface area contributed by atoms with Crippen LogP contribution in [0.2, 0.25) is 0 Å². The van der Waals surface area contributed by atoms with E-state index in [-0.39, 0.29) is 23.6 Å². The van der Waals surface area contributed by atoms with Crippen LogP contribution < -0.4 is 5.73 Å².